The number of piperidine rings is 1. The van der Waals surface area contributed by atoms with Gasteiger partial charge in [0.05, 0.1) is 0 Å². The van der Waals surface area contributed by atoms with E-state index in [0.29, 0.717) is 11.8 Å². The monoisotopic (exact) mass is 304 g/mol. The Labute approximate surface area is 131 Å². The highest BCUT2D eigenvalue weighted by Gasteiger charge is 2.30. The maximum atomic E-state index is 4.47. The van der Waals surface area contributed by atoms with Gasteiger partial charge < -0.3 is 9.88 Å². The van der Waals surface area contributed by atoms with Crippen LogP contribution in [0.4, 0.5) is 0 Å². The van der Waals surface area contributed by atoms with Crippen LogP contribution in [0.5, 0.6) is 0 Å². The molecule has 5 heteroatoms. The summed E-state index contributed by atoms with van der Waals surface area (Å²) >= 11 is 0. The number of benzene rings is 1. The van der Waals surface area contributed by atoms with Crippen molar-refractivity contribution in [2.75, 3.05) is 13.1 Å². The molecule has 0 spiro atoms. The topological polar surface area (TPSA) is 42.7 Å². The molecular weight excluding hydrogens is 284 g/mol. The minimum absolute atomic E-state index is 0. The zero-order valence-corrected chi connectivity index (χ0v) is 12.9. The molecule has 1 aromatic heterocycles. The standard InChI is InChI=1S/C16H20N4.ClH/c1-2-4-12(5-3-1)14-10-15-18-19-16(20(15)11-14)13-6-8-17-9-7-13;/h1-5,13-14,17H,6-11H2;1H. The Kier molecular flexibility index (Phi) is 4.27. The van der Waals surface area contributed by atoms with Crippen molar-refractivity contribution in [2.24, 2.45) is 0 Å². The molecule has 1 atom stereocenters. The fraction of sp³-hybridized carbons (Fsp3) is 0.500. The number of nitrogens with one attached hydrogen (secondary N) is 1. The number of halogens is 1. The molecule has 4 rings (SSSR count). The molecule has 0 amide bonds. The average Bonchev–Trinajstić information content (AvgIpc) is 3.09. The summed E-state index contributed by atoms with van der Waals surface area (Å²) in [6, 6.07) is 10.8. The smallest absolute Gasteiger partial charge is 0.136 e. The van der Waals surface area contributed by atoms with E-state index in [1.54, 1.807) is 0 Å². The first-order valence-electron chi connectivity index (χ1n) is 7.59. The van der Waals surface area contributed by atoms with Gasteiger partial charge in [-0.3, -0.25) is 0 Å². The van der Waals surface area contributed by atoms with Crippen molar-refractivity contribution in [3.05, 3.63) is 47.5 Å². The molecule has 1 unspecified atom stereocenters. The van der Waals surface area contributed by atoms with E-state index in [0.717, 1.165) is 26.1 Å². The molecular formula is C16H21ClN4. The number of hydrogen-bond donors (Lipinski definition) is 1. The van der Waals surface area contributed by atoms with Gasteiger partial charge >= 0.3 is 0 Å². The van der Waals surface area contributed by atoms with Gasteiger partial charge in [0.15, 0.2) is 0 Å². The van der Waals surface area contributed by atoms with E-state index in [-0.39, 0.29) is 12.4 Å². The minimum atomic E-state index is 0. The van der Waals surface area contributed by atoms with Crippen LogP contribution < -0.4 is 5.32 Å². The Hall–Kier alpha value is -1.39. The van der Waals surface area contributed by atoms with E-state index in [1.165, 1.54) is 30.1 Å². The van der Waals surface area contributed by atoms with Gasteiger partial charge in [-0.2, -0.15) is 0 Å². The molecule has 4 nitrogen and oxygen atoms in total. The molecule has 0 bridgehead atoms. The molecule has 2 aromatic rings. The van der Waals surface area contributed by atoms with Crippen LogP contribution in [0.1, 0.15) is 41.9 Å². The predicted octanol–water partition coefficient (Wildman–Crippen LogP) is 2.51. The van der Waals surface area contributed by atoms with Gasteiger partial charge in [-0.15, -0.1) is 22.6 Å². The maximum Gasteiger partial charge on any atom is 0.136 e. The van der Waals surface area contributed by atoms with Gasteiger partial charge in [0.2, 0.25) is 0 Å². The Morgan fingerprint density at radius 2 is 1.76 bits per heavy atom. The Morgan fingerprint density at radius 3 is 2.52 bits per heavy atom. The molecule has 1 N–H and O–H groups in total. The van der Waals surface area contributed by atoms with Crippen molar-refractivity contribution in [1.82, 2.24) is 20.1 Å². The van der Waals surface area contributed by atoms with E-state index in [9.17, 15) is 0 Å². The zero-order chi connectivity index (χ0) is 13.4. The van der Waals surface area contributed by atoms with Gasteiger partial charge in [-0.25, -0.2) is 0 Å². The van der Waals surface area contributed by atoms with Crippen molar-refractivity contribution < 1.29 is 0 Å². The van der Waals surface area contributed by atoms with Gasteiger partial charge in [0.1, 0.15) is 11.6 Å². The van der Waals surface area contributed by atoms with Crippen LogP contribution in [0.3, 0.4) is 0 Å². The van der Waals surface area contributed by atoms with Crippen molar-refractivity contribution in [3.63, 3.8) is 0 Å². The van der Waals surface area contributed by atoms with Crippen LogP contribution in [0.15, 0.2) is 30.3 Å². The van der Waals surface area contributed by atoms with Gasteiger partial charge in [-0.05, 0) is 31.5 Å². The van der Waals surface area contributed by atoms with E-state index in [2.05, 4.69) is 50.4 Å². The van der Waals surface area contributed by atoms with Crippen LogP contribution >= 0.6 is 12.4 Å². The van der Waals surface area contributed by atoms with Crippen molar-refractivity contribution in [2.45, 2.75) is 37.6 Å². The first kappa shape index (κ1) is 14.5. The lowest BCUT2D eigenvalue weighted by Crippen LogP contribution is -2.28. The quantitative estimate of drug-likeness (QED) is 0.927. The van der Waals surface area contributed by atoms with E-state index in [4.69, 9.17) is 0 Å². The molecule has 0 aliphatic carbocycles. The fourth-order valence-electron chi connectivity index (χ4n) is 3.54. The van der Waals surface area contributed by atoms with E-state index >= 15 is 0 Å². The second kappa shape index (κ2) is 6.16. The molecule has 112 valence electrons. The summed E-state index contributed by atoms with van der Waals surface area (Å²) in [7, 11) is 0. The third-order valence-corrected chi connectivity index (χ3v) is 4.66. The molecule has 1 saturated heterocycles. The number of hydrogen-bond acceptors (Lipinski definition) is 3. The average molecular weight is 305 g/mol. The lowest BCUT2D eigenvalue weighted by Gasteiger charge is -2.22. The first-order valence-corrected chi connectivity index (χ1v) is 7.59. The number of nitrogens with zero attached hydrogens (tertiary/aromatic N) is 3. The van der Waals surface area contributed by atoms with E-state index < -0.39 is 0 Å². The van der Waals surface area contributed by atoms with Gasteiger partial charge in [-0.1, -0.05) is 30.3 Å². The second-order valence-electron chi connectivity index (χ2n) is 5.92. The zero-order valence-electron chi connectivity index (χ0n) is 12.0. The predicted molar refractivity (Wildman–Crippen MR) is 85.0 cm³/mol. The normalized spacial score (nSPS) is 21.8. The van der Waals surface area contributed by atoms with Crippen LogP contribution in [0.25, 0.3) is 0 Å². The number of aromatic nitrogens is 3. The Balaban J connectivity index is 0.00000132. The minimum Gasteiger partial charge on any atom is -0.317 e. The van der Waals surface area contributed by atoms with Crippen LogP contribution in [0, 0.1) is 0 Å². The molecule has 0 saturated carbocycles. The van der Waals surface area contributed by atoms with Crippen LogP contribution in [0.2, 0.25) is 0 Å². The highest BCUT2D eigenvalue weighted by atomic mass is 35.5. The molecule has 1 fully saturated rings. The molecule has 3 heterocycles. The lowest BCUT2D eigenvalue weighted by molar-refractivity contribution is 0.429. The SMILES string of the molecule is Cl.c1ccc(C2Cc3nnc(C4CCNCC4)n3C2)cc1. The third-order valence-electron chi connectivity index (χ3n) is 4.66. The first-order chi connectivity index (χ1) is 9.92. The summed E-state index contributed by atoms with van der Waals surface area (Å²) in [5, 5.41) is 12.3. The largest absolute Gasteiger partial charge is 0.317 e. The highest BCUT2D eigenvalue weighted by molar-refractivity contribution is 5.85. The molecule has 2 aliphatic rings. The molecule has 2 aliphatic heterocycles. The molecule has 21 heavy (non-hydrogen) atoms. The van der Waals surface area contributed by atoms with Gasteiger partial charge in [0.25, 0.3) is 0 Å². The second-order valence-corrected chi connectivity index (χ2v) is 5.92. The number of rotatable bonds is 2. The summed E-state index contributed by atoms with van der Waals surface area (Å²) in [6.07, 6.45) is 3.41. The molecule has 0 radical (unpaired) electrons. The summed E-state index contributed by atoms with van der Waals surface area (Å²) in [6.45, 7) is 3.26. The highest BCUT2D eigenvalue weighted by Crippen LogP contribution is 2.33. The number of fused-ring (bicyclic) bond motifs is 1. The maximum absolute atomic E-state index is 4.47. The van der Waals surface area contributed by atoms with Crippen LogP contribution in [-0.4, -0.2) is 27.9 Å². The fourth-order valence-corrected chi connectivity index (χ4v) is 3.54. The van der Waals surface area contributed by atoms with Crippen molar-refractivity contribution in [1.29, 1.82) is 0 Å². The van der Waals surface area contributed by atoms with E-state index in [1.807, 2.05) is 0 Å². The Bertz CT molecular complexity index is 590. The third kappa shape index (κ3) is 2.70. The van der Waals surface area contributed by atoms with Crippen molar-refractivity contribution >= 4 is 12.4 Å². The Morgan fingerprint density at radius 1 is 1.00 bits per heavy atom. The van der Waals surface area contributed by atoms with Gasteiger partial charge in [0, 0.05) is 24.8 Å². The summed E-state index contributed by atoms with van der Waals surface area (Å²) in [5.41, 5.74) is 1.43. The summed E-state index contributed by atoms with van der Waals surface area (Å²) < 4.78 is 2.38. The van der Waals surface area contributed by atoms with Crippen LogP contribution in [-0.2, 0) is 13.0 Å². The lowest BCUT2D eigenvalue weighted by atomic mass is 9.96. The summed E-state index contributed by atoms with van der Waals surface area (Å²) in [5.74, 6) is 3.56. The molecule has 1 aromatic carbocycles. The van der Waals surface area contributed by atoms with Crippen molar-refractivity contribution in [3.8, 4) is 0 Å². The summed E-state index contributed by atoms with van der Waals surface area (Å²) in [4.78, 5) is 0.